The van der Waals surface area contributed by atoms with E-state index in [2.05, 4.69) is 34.5 Å². The maximum absolute atomic E-state index is 12.7. The van der Waals surface area contributed by atoms with Crippen molar-refractivity contribution in [3.63, 3.8) is 0 Å². The van der Waals surface area contributed by atoms with Gasteiger partial charge in [-0.2, -0.15) is 5.10 Å². The predicted octanol–water partition coefficient (Wildman–Crippen LogP) is 3.96. The van der Waals surface area contributed by atoms with Gasteiger partial charge in [-0.1, -0.05) is 42.5 Å². The summed E-state index contributed by atoms with van der Waals surface area (Å²) in [5.74, 6) is -0.0855. The van der Waals surface area contributed by atoms with Crippen molar-refractivity contribution in [1.82, 2.24) is 20.1 Å². The van der Waals surface area contributed by atoms with Gasteiger partial charge in [0.15, 0.2) is 0 Å². The van der Waals surface area contributed by atoms with Crippen molar-refractivity contribution in [1.29, 1.82) is 0 Å². The predicted molar refractivity (Wildman–Crippen MR) is 107 cm³/mol. The van der Waals surface area contributed by atoms with Gasteiger partial charge in [0, 0.05) is 29.4 Å². The van der Waals surface area contributed by atoms with E-state index >= 15 is 0 Å². The van der Waals surface area contributed by atoms with E-state index in [0.717, 1.165) is 28.7 Å². The minimum absolute atomic E-state index is 0.0855. The Hall–Kier alpha value is -3.34. The second kappa shape index (κ2) is 7.11. The molecule has 2 N–H and O–H groups in total. The number of carbonyl (C=O) groups excluding carboxylic acids is 1. The van der Waals surface area contributed by atoms with Gasteiger partial charge in [0.2, 0.25) is 0 Å². The van der Waals surface area contributed by atoms with Crippen molar-refractivity contribution in [3.05, 3.63) is 88.9 Å². The number of carbonyl (C=O) groups is 1. The summed E-state index contributed by atoms with van der Waals surface area (Å²) >= 11 is 0. The van der Waals surface area contributed by atoms with Crippen LogP contribution < -0.4 is 5.32 Å². The van der Waals surface area contributed by atoms with Crippen LogP contribution >= 0.6 is 0 Å². The number of aromatic amines is 1. The highest BCUT2D eigenvalue weighted by Crippen LogP contribution is 2.24. The monoisotopic (exact) mass is 358 g/mol. The summed E-state index contributed by atoms with van der Waals surface area (Å²) < 4.78 is 1.88. The Labute approximate surface area is 158 Å². The van der Waals surface area contributed by atoms with Gasteiger partial charge in [-0.25, -0.2) is 0 Å². The van der Waals surface area contributed by atoms with E-state index < -0.39 is 0 Å². The zero-order valence-corrected chi connectivity index (χ0v) is 15.5. The molecule has 0 fully saturated rings. The standard InChI is InChI=1S/C22H22N4O/c1-15-16(2)25-21-19(15)9-6-10-20(21)22(27)23-11-18-12-24-26(14-18)13-17-7-4-3-5-8-17/h3-10,12,14,25H,11,13H2,1-2H3,(H,23,27). The molecule has 2 aromatic heterocycles. The molecule has 0 unspecified atom stereocenters. The lowest BCUT2D eigenvalue weighted by molar-refractivity contribution is 0.0952. The minimum atomic E-state index is -0.0855. The van der Waals surface area contributed by atoms with Crippen molar-refractivity contribution in [3.8, 4) is 0 Å². The molecule has 1 amide bonds. The van der Waals surface area contributed by atoms with Crippen LogP contribution in [0.2, 0.25) is 0 Å². The minimum Gasteiger partial charge on any atom is -0.358 e. The fourth-order valence-electron chi connectivity index (χ4n) is 3.30. The van der Waals surface area contributed by atoms with Gasteiger partial charge in [-0.05, 0) is 31.0 Å². The largest absolute Gasteiger partial charge is 0.358 e. The second-order valence-electron chi connectivity index (χ2n) is 6.82. The molecular weight excluding hydrogens is 336 g/mol. The van der Waals surface area contributed by atoms with Crippen molar-refractivity contribution in [2.75, 3.05) is 0 Å². The first kappa shape index (κ1) is 17.1. The second-order valence-corrected chi connectivity index (χ2v) is 6.82. The van der Waals surface area contributed by atoms with Crippen LogP contribution in [0.3, 0.4) is 0 Å². The average molecular weight is 358 g/mol. The molecule has 136 valence electrons. The van der Waals surface area contributed by atoms with E-state index in [1.807, 2.05) is 54.2 Å². The molecule has 5 heteroatoms. The number of rotatable bonds is 5. The smallest absolute Gasteiger partial charge is 0.253 e. The number of H-pyrrole nitrogens is 1. The normalized spacial score (nSPS) is 11.0. The number of nitrogens with zero attached hydrogens (tertiary/aromatic N) is 2. The molecule has 4 rings (SSSR count). The van der Waals surface area contributed by atoms with Crippen molar-refractivity contribution >= 4 is 16.8 Å². The first-order chi connectivity index (χ1) is 13.1. The molecule has 0 saturated heterocycles. The molecule has 0 saturated carbocycles. The summed E-state index contributed by atoms with van der Waals surface area (Å²) in [7, 11) is 0. The Balaban J connectivity index is 1.45. The van der Waals surface area contributed by atoms with Gasteiger partial charge < -0.3 is 10.3 Å². The molecular formula is C22H22N4O. The van der Waals surface area contributed by atoms with E-state index in [-0.39, 0.29) is 5.91 Å². The van der Waals surface area contributed by atoms with Crippen molar-refractivity contribution < 1.29 is 4.79 Å². The van der Waals surface area contributed by atoms with E-state index in [1.54, 1.807) is 6.20 Å². The molecule has 0 aliphatic heterocycles. The van der Waals surface area contributed by atoms with Gasteiger partial charge in [-0.3, -0.25) is 9.48 Å². The molecule has 27 heavy (non-hydrogen) atoms. The summed E-state index contributed by atoms with van der Waals surface area (Å²) in [5, 5.41) is 8.48. The molecule has 2 heterocycles. The topological polar surface area (TPSA) is 62.7 Å². The van der Waals surface area contributed by atoms with E-state index in [1.165, 1.54) is 11.1 Å². The molecule has 0 aliphatic rings. The Bertz CT molecular complexity index is 1090. The summed E-state index contributed by atoms with van der Waals surface area (Å²) in [6, 6.07) is 16.0. The number of fused-ring (bicyclic) bond motifs is 1. The highest BCUT2D eigenvalue weighted by atomic mass is 16.1. The Morgan fingerprint density at radius 1 is 1.07 bits per heavy atom. The number of nitrogens with one attached hydrogen (secondary N) is 2. The van der Waals surface area contributed by atoms with Crippen LogP contribution in [0.5, 0.6) is 0 Å². The Morgan fingerprint density at radius 3 is 2.70 bits per heavy atom. The SMILES string of the molecule is Cc1[nH]c2c(C(=O)NCc3cnn(Cc4ccccc4)c3)cccc2c1C. The van der Waals surface area contributed by atoms with Crippen LogP contribution in [0.4, 0.5) is 0 Å². The van der Waals surface area contributed by atoms with E-state index in [9.17, 15) is 4.79 Å². The number of hydrogen-bond donors (Lipinski definition) is 2. The third kappa shape index (κ3) is 3.49. The molecule has 0 bridgehead atoms. The molecule has 5 nitrogen and oxygen atoms in total. The quantitative estimate of drug-likeness (QED) is 0.567. The molecule has 0 radical (unpaired) electrons. The molecule has 4 aromatic rings. The lowest BCUT2D eigenvalue weighted by atomic mass is 10.1. The van der Waals surface area contributed by atoms with Gasteiger partial charge >= 0.3 is 0 Å². The van der Waals surface area contributed by atoms with Gasteiger partial charge in [0.25, 0.3) is 5.91 Å². The fraction of sp³-hybridized carbons (Fsp3) is 0.182. The molecule has 0 aliphatic carbocycles. The number of hydrogen-bond acceptors (Lipinski definition) is 2. The van der Waals surface area contributed by atoms with Crippen LogP contribution in [0.15, 0.2) is 60.9 Å². The lowest BCUT2D eigenvalue weighted by Crippen LogP contribution is -2.22. The fourth-order valence-corrected chi connectivity index (χ4v) is 3.30. The average Bonchev–Trinajstić information content (AvgIpc) is 3.25. The lowest BCUT2D eigenvalue weighted by Gasteiger charge is -2.05. The number of aryl methyl sites for hydroxylation is 2. The van der Waals surface area contributed by atoms with Gasteiger partial charge in [0.05, 0.1) is 23.8 Å². The highest BCUT2D eigenvalue weighted by Gasteiger charge is 2.14. The first-order valence-electron chi connectivity index (χ1n) is 9.03. The maximum Gasteiger partial charge on any atom is 0.253 e. The van der Waals surface area contributed by atoms with Crippen LogP contribution in [-0.4, -0.2) is 20.7 Å². The summed E-state index contributed by atoms with van der Waals surface area (Å²) in [6.45, 7) is 5.26. The third-order valence-corrected chi connectivity index (χ3v) is 4.92. The van der Waals surface area contributed by atoms with Crippen LogP contribution in [0.1, 0.15) is 32.7 Å². The van der Waals surface area contributed by atoms with E-state index in [4.69, 9.17) is 0 Å². The number of aromatic nitrogens is 3. The molecule has 0 atom stereocenters. The number of benzene rings is 2. The summed E-state index contributed by atoms with van der Waals surface area (Å²) in [6.07, 6.45) is 3.77. The van der Waals surface area contributed by atoms with Crippen molar-refractivity contribution in [2.24, 2.45) is 0 Å². The van der Waals surface area contributed by atoms with E-state index in [0.29, 0.717) is 12.1 Å². The van der Waals surface area contributed by atoms with Gasteiger partial charge in [0.1, 0.15) is 0 Å². The molecule has 2 aromatic carbocycles. The number of amides is 1. The highest BCUT2D eigenvalue weighted by molar-refractivity contribution is 6.06. The zero-order valence-electron chi connectivity index (χ0n) is 15.5. The van der Waals surface area contributed by atoms with Crippen LogP contribution in [-0.2, 0) is 13.1 Å². The van der Waals surface area contributed by atoms with Gasteiger partial charge in [-0.15, -0.1) is 0 Å². The molecule has 0 spiro atoms. The number of para-hydroxylation sites is 1. The van der Waals surface area contributed by atoms with Crippen LogP contribution in [0.25, 0.3) is 10.9 Å². The zero-order chi connectivity index (χ0) is 18.8. The Kier molecular flexibility index (Phi) is 4.50. The third-order valence-electron chi connectivity index (χ3n) is 4.92. The summed E-state index contributed by atoms with van der Waals surface area (Å²) in [4.78, 5) is 16.0. The summed E-state index contributed by atoms with van der Waals surface area (Å²) in [5.41, 5.74) is 6.00. The van der Waals surface area contributed by atoms with Crippen molar-refractivity contribution in [2.45, 2.75) is 26.9 Å². The van der Waals surface area contributed by atoms with Crippen LogP contribution in [0, 0.1) is 13.8 Å². The maximum atomic E-state index is 12.7. The first-order valence-corrected chi connectivity index (χ1v) is 9.03. The Morgan fingerprint density at radius 2 is 1.89 bits per heavy atom.